The summed E-state index contributed by atoms with van der Waals surface area (Å²) >= 11 is 5.75. The third-order valence-electron chi connectivity index (χ3n) is 2.40. The van der Waals surface area contributed by atoms with Crippen LogP contribution in [0.3, 0.4) is 0 Å². The number of hydrogen-bond donors (Lipinski definition) is 1. The predicted octanol–water partition coefficient (Wildman–Crippen LogP) is 2.46. The number of benzene rings is 1. The lowest BCUT2D eigenvalue weighted by Crippen LogP contribution is -2.12. The Morgan fingerprint density at radius 3 is 2.35 bits per heavy atom. The second-order valence-corrected chi connectivity index (χ2v) is 4.06. The van der Waals surface area contributed by atoms with Crippen molar-refractivity contribution in [3.05, 3.63) is 34.9 Å². The second kappa shape index (κ2) is 6.25. The maximum atomic E-state index is 11.2. The SMILES string of the molecule is COC(=O)C[C@H](CC(=O)O)c1ccc(Cl)cc1. The number of carboxylic acid groups (broad SMARTS) is 1. The van der Waals surface area contributed by atoms with E-state index < -0.39 is 17.9 Å². The minimum atomic E-state index is -0.950. The van der Waals surface area contributed by atoms with Gasteiger partial charge in [-0.2, -0.15) is 0 Å². The number of esters is 1. The minimum absolute atomic E-state index is 0.0461. The molecule has 0 saturated carbocycles. The van der Waals surface area contributed by atoms with E-state index in [0.29, 0.717) is 5.02 Å². The zero-order chi connectivity index (χ0) is 12.8. The van der Waals surface area contributed by atoms with E-state index >= 15 is 0 Å². The lowest BCUT2D eigenvalue weighted by molar-refractivity contribution is -0.141. The van der Waals surface area contributed by atoms with Crippen LogP contribution in [0.25, 0.3) is 0 Å². The molecule has 0 aliphatic heterocycles. The smallest absolute Gasteiger partial charge is 0.306 e. The van der Waals surface area contributed by atoms with Gasteiger partial charge in [0.25, 0.3) is 0 Å². The van der Waals surface area contributed by atoms with Crippen LogP contribution in [0.2, 0.25) is 5.02 Å². The molecule has 1 aromatic rings. The molecule has 0 aliphatic carbocycles. The number of carbonyl (C=O) groups excluding carboxylic acids is 1. The number of rotatable bonds is 5. The molecule has 0 bridgehead atoms. The van der Waals surface area contributed by atoms with Gasteiger partial charge in [0.15, 0.2) is 0 Å². The third kappa shape index (κ3) is 4.44. The molecule has 0 saturated heterocycles. The molecule has 0 spiro atoms. The summed E-state index contributed by atoms with van der Waals surface area (Å²) < 4.78 is 4.55. The fraction of sp³-hybridized carbons (Fsp3) is 0.333. The molecule has 17 heavy (non-hydrogen) atoms. The number of ether oxygens (including phenoxy) is 1. The maximum absolute atomic E-state index is 11.2. The standard InChI is InChI=1S/C12H13ClO4/c1-17-12(16)7-9(6-11(14)15)8-2-4-10(13)5-3-8/h2-5,9H,6-7H2,1H3,(H,14,15)/t9-/m0/s1. The van der Waals surface area contributed by atoms with Gasteiger partial charge in [-0.05, 0) is 17.7 Å². The molecule has 92 valence electrons. The number of halogens is 1. The van der Waals surface area contributed by atoms with Crippen LogP contribution in [0.15, 0.2) is 24.3 Å². The van der Waals surface area contributed by atoms with Crippen molar-refractivity contribution in [2.75, 3.05) is 7.11 Å². The van der Waals surface area contributed by atoms with E-state index in [1.165, 1.54) is 7.11 Å². The maximum Gasteiger partial charge on any atom is 0.306 e. The van der Waals surface area contributed by atoms with E-state index in [-0.39, 0.29) is 12.8 Å². The summed E-state index contributed by atoms with van der Waals surface area (Å²) in [7, 11) is 1.28. The highest BCUT2D eigenvalue weighted by Gasteiger charge is 2.19. The fourth-order valence-corrected chi connectivity index (χ4v) is 1.66. The monoisotopic (exact) mass is 256 g/mol. The first-order valence-corrected chi connectivity index (χ1v) is 5.44. The van der Waals surface area contributed by atoms with Gasteiger partial charge in [-0.15, -0.1) is 0 Å². The molecular weight excluding hydrogens is 244 g/mol. The quantitative estimate of drug-likeness (QED) is 0.822. The average Bonchev–Trinajstić information content (AvgIpc) is 2.28. The van der Waals surface area contributed by atoms with Crippen molar-refractivity contribution in [1.29, 1.82) is 0 Å². The molecule has 0 fully saturated rings. The highest BCUT2D eigenvalue weighted by molar-refractivity contribution is 6.30. The Kier molecular flexibility index (Phi) is 4.97. The summed E-state index contributed by atoms with van der Waals surface area (Å²) in [4.78, 5) is 21.9. The van der Waals surface area contributed by atoms with Crippen molar-refractivity contribution >= 4 is 23.5 Å². The number of aliphatic carboxylic acids is 1. The van der Waals surface area contributed by atoms with E-state index in [0.717, 1.165) is 5.56 Å². The molecule has 1 aromatic carbocycles. The van der Waals surface area contributed by atoms with Crippen LogP contribution >= 0.6 is 11.6 Å². The largest absolute Gasteiger partial charge is 0.481 e. The summed E-state index contributed by atoms with van der Waals surface area (Å²) in [6, 6.07) is 6.78. The van der Waals surface area contributed by atoms with Crippen LogP contribution in [0, 0.1) is 0 Å². The van der Waals surface area contributed by atoms with Gasteiger partial charge >= 0.3 is 11.9 Å². The number of carboxylic acids is 1. The van der Waals surface area contributed by atoms with E-state index in [2.05, 4.69) is 4.74 Å². The molecule has 0 radical (unpaired) electrons. The van der Waals surface area contributed by atoms with Crippen molar-refractivity contribution in [1.82, 2.24) is 0 Å². The number of hydrogen-bond acceptors (Lipinski definition) is 3. The van der Waals surface area contributed by atoms with Crippen LogP contribution < -0.4 is 0 Å². The molecule has 0 aromatic heterocycles. The molecule has 0 unspecified atom stereocenters. The van der Waals surface area contributed by atoms with Gasteiger partial charge in [0.1, 0.15) is 0 Å². The van der Waals surface area contributed by atoms with Crippen LogP contribution in [-0.4, -0.2) is 24.2 Å². The molecule has 1 rings (SSSR count). The summed E-state index contributed by atoms with van der Waals surface area (Å²) in [5.74, 6) is -1.77. The highest BCUT2D eigenvalue weighted by atomic mass is 35.5. The van der Waals surface area contributed by atoms with Crippen LogP contribution in [0.4, 0.5) is 0 Å². The van der Waals surface area contributed by atoms with Crippen molar-refractivity contribution < 1.29 is 19.4 Å². The molecule has 1 atom stereocenters. The van der Waals surface area contributed by atoms with Crippen LogP contribution in [-0.2, 0) is 14.3 Å². The Morgan fingerprint density at radius 1 is 1.29 bits per heavy atom. The zero-order valence-electron chi connectivity index (χ0n) is 9.35. The lowest BCUT2D eigenvalue weighted by Gasteiger charge is -2.13. The molecular formula is C12H13ClO4. The Hall–Kier alpha value is -1.55. The van der Waals surface area contributed by atoms with Gasteiger partial charge in [-0.25, -0.2) is 0 Å². The van der Waals surface area contributed by atoms with E-state index in [1.807, 2.05) is 0 Å². The summed E-state index contributed by atoms with van der Waals surface area (Å²) in [5.41, 5.74) is 0.766. The van der Waals surface area contributed by atoms with Gasteiger partial charge in [-0.1, -0.05) is 23.7 Å². The molecule has 0 amide bonds. The van der Waals surface area contributed by atoms with Gasteiger partial charge in [0, 0.05) is 10.9 Å². The fourth-order valence-electron chi connectivity index (χ4n) is 1.54. The zero-order valence-corrected chi connectivity index (χ0v) is 10.1. The van der Waals surface area contributed by atoms with Crippen molar-refractivity contribution in [3.63, 3.8) is 0 Å². The van der Waals surface area contributed by atoms with Crippen molar-refractivity contribution in [3.8, 4) is 0 Å². The van der Waals surface area contributed by atoms with Crippen LogP contribution in [0.5, 0.6) is 0 Å². The van der Waals surface area contributed by atoms with Gasteiger partial charge in [0.2, 0.25) is 0 Å². The molecule has 5 heteroatoms. The minimum Gasteiger partial charge on any atom is -0.481 e. The summed E-state index contributed by atoms with van der Waals surface area (Å²) in [6.07, 6.45) is -0.0683. The normalized spacial score (nSPS) is 11.9. The van der Waals surface area contributed by atoms with E-state index in [9.17, 15) is 9.59 Å². The molecule has 4 nitrogen and oxygen atoms in total. The van der Waals surface area contributed by atoms with E-state index in [4.69, 9.17) is 16.7 Å². The molecule has 0 aliphatic rings. The summed E-state index contributed by atoms with van der Waals surface area (Å²) in [6.45, 7) is 0. The van der Waals surface area contributed by atoms with Gasteiger partial charge in [-0.3, -0.25) is 9.59 Å². The Morgan fingerprint density at radius 2 is 1.88 bits per heavy atom. The Labute approximate surface area is 104 Å². The Balaban J connectivity index is 2.85. The topological polar surface area (TPSA) is 63.6 Å². The first-order chi connectivity index (χ1) is 8.02. The first-order valence-electron chi connectivity index (χ1n) is 5.07. The van der Waals surface area contributed by atoms with Gasteiger partial charge in [0.05, 0.1) is 20.0 Å². The molecule has 0 heterocycles. The summed E-state index contributed by atoms with van der Waals surface area (Å²) in [5, 5.41) is 9.38. The van der Waals surface area contributed by atoms with Crippen molar-refractivity contribution in [2.24, 2.45) is 0 Å². The van der Waals surface area contributed by atoms with E-state index in [1.54, 1.807) is 24.3 Å². The number of carbonyl (C=O) groups is 2. The third-order valence-corrected chi connectivity index (χ3v) is 2.66. The number of methoxy groups -OCH3 is 1. The van der Waals surface area contributed by atoms with Crippen molar-refractivity contribution in [2.45, 2.75) is 18.8 Å². The predicted molar refractivity (Wildman–Crippen MR) is 63.1 cm³/mol. The average molecular weight is 257 g/mol. The van der Waals surface area contributed by atoms with Gasteiger partial charge < -0.3 is 9.84 Å². The Bertz CT molecular complexity index is 399. The molecule has 1 N–H and O–H groups in total. The lowest BCUT2D eigenvalue weighted by atomic mass is 9.92. The van der Waals surface area contributed by atoms with Crippen LogP contribution in [0.1, 0.15) is 24.3 Å². The second-order valence-electron chi connectivity index (χ2n) is 3.63. The highest BCUT2D eigenvalue weighted by Crippen LogP contribution is 2.25. The first kappa shape index (κ1) is 13.5.